The first kappa shape index (κ1) is 16.3. The molecule has 0 aliphatic carbocycles. The molecule has 0 fully saturated rings. The van der Waals surface area contributed by atoms with Gasteiger partial charge in [-0.3, -0.25) is 0 Å². The van der Waals surface area contributed by atoms with Crippen LogP contribution in [0.1, 0.15) is 50.3 Å². The Balaban J connectivity index is 2.52. The summed E-state index contributed by atoms with van der Waals surface area (Å²) in [5.41, 5.74) is -0.174. The zero-order valence-electron chi connectivity index (χ0n) is 19.6. The van der Waals surface area contributed by atoms with E-state index in [0.29, 0.717) is 11.5 Å². The van der Waals surface area contributed by atoms with Crippen LogP contribution in [0.5, 0.6) is 11.5 Å². The molecular formula is C20H25ClFNO3S. The molecule has 7 heteroatoms. The standard InChI is InChI=1S/C20H25ClFNO3S/c1-13(23-27(24)20(2,3)4)17-10-14(22)11-19(21)18(17)12-26-16-8-6-15(25-5)7-9-16/h6-11,13,23H,12H2,1-5H3/t13-,27-/m0/s1/i1D3,13D. The first-order valence-corrected chi connectivity index (χ1v) is 9.67. The Hall–Kier alpha value is -1.63. The van der Waals surface area contributed by atoms with Crippen LogP contribution in [0.2, 0.25) is 5.02 Å². The van der Waals surface area contributed by atoms with E-state index in [-0.39, 0.29) is 22.8 Å². The fourth-order valence-electron chi connectivity index (χ4n) is 2.10. The number of methoxy groups -OCH3 is 1. The third kappa shape index (κ3) is 5.92. The molecule has 0 spiro atoms. The Morgan fingerprint density at radius 1 is 1.30 bits per heavy atom. The highest BCUT2D eigenvalue weighted by Gasteiger charge is 2.24. The van der Waals surface area contributed by atoms with E-state index in [9.17, 15) is 8.60 Å². The van der Waals surface area contributed by atoms with Gasteiger partial charge in [0.15, 0.2) is 0 Å². The zero-order valence-corrected chi connectivity index (χ0v) is 17.1. The lowest BCUT2D eigenvalue weighted by Crippen LogP contribution is -2.35. The average Bonchev–Trinajstić information content (AvgIpc) is 2.65. The second-order valence-corrected chi connectivity index (χ2v) is 9.11. The van der Waals surface area contributed by atoms with Crippen LogP contribution in [0.3, 0.4) is 0 Å². The first-order valence-electron chi connectivity index (χ1n) is 10.1. The molecule has 0 unspecified atom stereocenters. The number of benzene rings is 2. The summed E-state index contributed by atoms with van der Waals surface area (Å²) in [5.74, 6) is 0.231. The van der Waals surface area contributed by atoms with Gasteiger partial charge in [-0.25, -0.2) is 13.3 Å². The van der Waals surface area contributed by atoms with Crippen LogP contribution in [0.15, 0.2) is 36.4 Å². The fourth-order valence-corrected chi connectivity index (χ4v) is 2.96. The lowest BCUT2D eigenvalue weighted by atomic mass is 10.0. The molecule has 0 aliphatic heterocycles. The van der Waals surface area contributed by atoms with Gasteiger partial charge in [0.05, 0.1) is 29.2 Å². The Bertz CT molecular complexity index is 951. The maximum atomic E-state index is 14.2. The molecule has 27 heavy (non-hydrogen) atoms. The van der Waals surface area contributed by atoms with Gasteiger partial charge in [-0.2, -0.15) is 0 Å². The monoisotopic (exact) mass is 417 g/mol. The largest absolute Gasteiger partial charge is 0.497 e. The molecular weight excluding hydrogens is 389 g/mol. The predicted octanol–water partition coefficient (Wildman–Crippen LogP) is 5.18. The molecule has 0 aromatic heterocycles. The number of ether oxygens (including phenoxy) is 2. The van der Waals surface area contributed by atoms with Crippen molar-refractivity contribution in [2.24, 2.45) is 0 Å². The molecule has 148 valence electrons. The summed E-state index contributed by atoms with van der Waals surface area (Å²) in [6.45, 7) is 1.65. The molecule has 0 saturated heterocycles. The third-order valence-corrected chi connectivity index (χ3v) is 5.46. The minimum absolute atomic E-state index is 0.100. The van der Waals surface area contributed by atoms with Gasteiger partial charge in [-0.1, -0.05) is 11.6 Å². The van der Waals surface area contributed by atoms with Crippen molar-refractivity contribution >= 4 is 22.6 Å². The van der Waals surface area contributed by atoms with E-state index in [1.54, 1.807) is 45.0 Å². The first-order chi connectivity index (χ1) is 14.2. The van der Waals surface area contributed by atoms with Crippen molar-refractivity contribution in [1.29, 1.82) is 0 Å². The second kappa shape index (κ2) is 9.04. The van der Waals surface area contributed by atoms with Crippen LogP contribution < -0.4 is 14.2 Å². The summed E-state index contributed by atoms with van der Waals surface area (Å²) in [7, 11) is -0.411. The van der Waals surface area contributed by atoms with E-state index >= 15 is 0 Å². The summed E-state index contributed by atoms with van der Waals surface area (Å²) in [4.78, 5) is 0. The van der Waals surface area contributed by atoms with Gasteiger partial charge in [0.25, 0.3) is 0 Å². The quantitative estimate of drug-likeness (QED) is 0.675. The highest BCUT2D eigenvalue weighted by Crippen LogP contribution is 2.29. The normalized spacial score (nSPS) is 17.7. The zero-order chi connectivity index (χ0) is 23.6. The number of hydrogen-bond donors (Lipinski definition) is 1. The van der Waals surface area contributed by atoms with Crippen molar-refractivity contribution in [3.05, 3.63) is 58.4 Å². The fraction of sp³-hybridized carbons (Fsp3) is 0.400. The van der Waals surface area contributed by atoms with Crippen LogP contribution in [-0.2, 0) is 17.6 Å². The molecule has 4 nitrogen and oxygen atoms in total. The van der Waals surface area contributed by atoms with Crippen LogP contribution in [-0.4, -0.2) is 16.1 Å². The number of nitrogens with one attached hydrogen (secondary N) is 1. The van der Waals surface area contributed by atoms with Crippen LogP contribution >= 0.6 is 11.6 Å². The van der Waals surface area contributed by atoms with Crippen LogP contribution in [0.4, 0.5) is 4.39 Å². The molecule has 1 N–H and O–H groups in total. The number of hydrogen-bond acceptors (Lipinski definition) is 3. The van der Waals surface area contributed by atoms with E-state index in [2.05, 4.69) is 4.72 Å². The molecule has 0 radical (unpaired) electrons. The Labute approximate surface area is 173 Å². The molecule has 0 heterocycles. The number of halogens is 2. The van der Waals surface area contributed by atoms with E-state index in [1.165, 1.54) is 7.11 Å². The van der Waals surface area contributed by atoms with Crippen LogP contribution in [0, 0.1) is 5.82 Å². The van der Waals surface area contributed by atoms with Crippen molar-refractivity contribution in [3.8, 4) is 11.5 Å². The smallest absolute Gasteiger partial charge is 0.125 e. The van der Waals surface area contributed by atoms with Crippen molar-refractivity contribution in [1.82, 2.24) is 4.72 Å². The van der Waals surface area contributed by atoms with Crippen LogP contribution in [0.25, 0.3) is 0 Å². The van der Waals surface area contributed by atoms with Gasteiger partial charge >= 0.3 is 0 Å². The minimum atomic E-state index is -3.00. The summed E-state index contributed by atoms with van der Waals surface area (Å²) in [6, 6.07) is 5.95. The molecule has 2 aromatic carbocycles. The maximum Gasteiger partial charge on any atom is 0.125 e. The predicted molar refractivity (Wildman–Crippen MR) is 108 cm³/mol. The Morgan fingerprint density at radius 2 is 1.93 bits per heavy atom. The highest BCUT2D eigenvalue weighted by atomic mass is 35.5. The maximum absolute atomic E-state index is 14.2. The summed E-state index contributed by atoms with van der Waals surface area (Å²) >= 11 is 6.22. The van der Waals surface area contributed by atoms with Crippen molar-refractivity contribution in [3.63, 3.8) is 0 Å². The Kier molecular flexibility index (Phi) is 5.47. The topological polar surface area (TPSA) is 47.6 Å². The molecule has 0 amide bonds. The Morgan fingerprint density at radius 3 is 2.48 bits per heavy atom. The summed E-state index contributed by atoms with van der Waals surface area (Å²) in [5, 5.41) is -0.104. The van der Waals surface area contributed by atoms with Gasteiger partial charge in [0.1, 0.15) is 23.9 Å². The molecule has 2 atom stereocenters. The van der Waals surface area contributed by atoms with Crippen molar-refractivity contribution in [2.75, 3.05) is 7.11 Å². The SMILES string of the molecule is [2H]C([2H])([2H])[C@]([2H])(N[S@@](=O)C(C)(C)C)c1cc(F)cc(Cl)c1COc1ccc(OC)cc1. The minimum Gasteiger partial charge on any atom is -0.497 e. The van der Waals surface area contributed by atoms with E-state index in [0.717, 1.165) is 12.1 Å². The third-order valence-electron chi connectivity index (χ3n) is 3.62. The average molecular weight is 418 g/mol. The van der Waals surface area contributed by atoms with E-state index in [4.69, 9.17) is 26.6 Å². The van der Waals surface area contributed by atoms with E-state index in [1.807, 2.05) is 0 Å². The summed E-state index contributed by atoms with van der Waals surface area (Å²) in [6.07, 6.45) is 0. The van der Waals surface area contributed by atoms with Gasteiger partial charge in [0.2, 0.25) is 0 Å². The van der Waals surface area contributed by atoms with Crippen molar-refractivity contribution in [2.45, 2.75) is 45.0 Å². The highest BCUT2D eigenvalue weighted by molar-refractivity contribution is 7.84. The summed E-state index contributed by atoms with van der Waals surface area (Å²) < 4.78 is 71.7. The molecule has 0 saturated carbocycles. The van der Waals surface area contributed by atoms with Gasteiger partial charge in [-0.15, -0.1) is 0 Å². The lowest BCUT2D eigenvalue weighted by Gasteiger charge is -2.24. The lowest BCUT2D eigenvalue weighted by molar-refractivity contribution is 0.303. The van der Waals surface area contributed by atoms with Gasteiger partial charge < -0.3 is 9.47 Å². The molecule has 0 bridgehead atoms. The van der Waals surface area contributed by atoms with Gasteiger partial charge in [-0.05, 0) is 69.6 Å². The van der Waals surface area contributed by atoms with E-state index < -0.39 is 34.4 Å². The molecule has 2 rings (SSSR count). The molecule has 2 aromatic rings. The van der Waals surface area contributed by atoms with Crippen molar-refractivity contribution < 1.29 is 23.6 Å². The molecule has 0 aliphatic rings. The van der Waals surface area contributed by atoms with Gasteiger partial charge in [0, 0.05) is 15.7 Å². The number of rotatable bonds is 7. The second-order valence-electron chi connectivity index (χ2n) is 6.74.